The van der Waals surface area contributed by atoms with E-state index in [1.165, 1.54) is 22.3 Å². The van der Waals surface area contributed by atoms with Gasteiger partial charge in [0.25, 0.3) is 0 Å². The second-order valence-electron chi connectivity index (χ2n) is 10.5. The van der Waals surface area contributed by atoms with Crippen LogP contribution in [0.3, 0.4) is 0 Å². The summed E-state index contributed by atoms with van der Waals surface area (Å²) >= 11 is 0. The van der Waals surface area contributed by atoms with Crippen LogP contribution in [0.25, 0.3) is 11.1 Å². The second-order valence-corrected chi connectivity index (χ2v) is 10.5. The van der Waals surface area contributed by atoms with E-state index in [-0.39, 0.29) is 23.8 Å². The molecule has 7 heteroatoms. The molecule has 0 radical (unpaired) electrons. The Morgan fingerprint density at radius 3 is 2.61 bits per heavy atom. The van der Waals surface area contributed by atoms with Gasteiger partial charge in [-0.2, -0.15) is 0 Å². The first-order valence-corrected chi connectivity index (χ1v) is 13.2. The summed E-state index contributed by atoms with van der Waals surface area (Å²) in [4.78, 5) is 15.3. The predicted octanol–water partition coefficient (Wildman–Crippen LogP) is 4.16. The van der Waals surface area contributed by atoms with Gasteiger partial charge in [-0.3, -0.25) is 9.69 Å². The fraction of sp³-hybridized carbons (Fsp3) is 0.483. The molecule has 2 atom stereocenters. The zero-order valence-electron chi connectivity index (χ0n) is 21.6. The maximum atomic E-state index is 12.8. The molecule has 2 aliphatic rings. The van der Waals surface area contributed by atoms with Crippen molar-refractivity contribution in [2.45, 2.75) is 52.7 Å². The molecule has 1 fully saturated rings. The lowest BCUT2D eigenvalue weighted by atomic mass is 9.99. The molecule has 36 heavy (non-hydrogen) atoms. The Labute approximate surface area is 213 Å². The number of fused-ring (bicyclic) bond motifs is 1. The van der Waals surface area contributed by atoms with Gasteiger partial charge < -0.3 is 14.6 Å². The zero-order chi connectivity index (χ0) is 25.1. The number of ether oxygens (including phenoxy) is 1. The molecule has 190 valence electrons. The average molecular weight is 488 g/mol. The highest BCUT2D eigenvalue weighted by atomic mass is 16.5. The van der Waals surface area contributed by atoms with Gasteiger partial charge in [0, 0.05) is 39.2 Å². The Hall–Kier alpha value is -3.03. The van der Waals surface area contributed by atoms with E-state index in [0.717, 1.165) is 50.7 Å². The van der Waals surface area contributed by atoms with Crippen molar-refractivity contribution in [1.82, 2.24) is 25.0 Å². The summed E-state index contributed by atoms with van der Waals surface area (Å²) in [6, 6.07) is 17.3. The van der Waals surface area contributed by atoms with Crippen molar-refractivity contribution in [3.63, 3.8) is 0 Å². The summed E-state index contributed by atoms with van der Waals surface area (Å²) < 4.78 is 7.65. The van der Waals surface area contributed by atoms with Gasteiger partial charge in [-0.05, 0) is 41.5 Å². The van der Waals surface area contributed by atoms with Crippen molar-refractivity contribution in [3.8, 4) is 11.1 Å². The number of hydrogen-bond donors (Lipinski definition) is 1. The van der Waals surface area contributed by atoms with Crippen LogP contribution in [-0.4, -0.2) is 51.9 Å². The highest BCUT2D eigenvalue weighted by Crippen LogP contribution is 2.26. The molecule has 0 saturated carbocycles. The van der Waals surface area contributed by atoms with Crippen LogP contribution in [0.5, 0.6) is 0 Å². The summed E-state index contributed by atoms with van der Waals surface area (Å²) in [5.41, 5.74) is 5.16. The van der Waals surface area contributed by atoms with E-state index in [1.807, 2.05) is 0 Å². The van der Waals surface area contributed by atoms with E-state index >= 15 is 0 Å². The van der Waals surface area contributed by atoms with Crippen LogP contribution in [0.2, 0.25) is 0 Å². The smallest absolute Gasteiger partial charge is 0.226 e. The Morgan fingerprint density at radius 2 is 1.89 bits per heavy atom. The molecule has 0 bridgehead atoms. The van der Waals surface area contributed by atoms with Crippen molar-refractivity contribution >= 4 is 5.91 Å². The highest BCUT2D eigenvalue weighted by Gasteiger charge is 2.31. The van der Waals surface area contributed by atoms with Gasteiger partial charge >= 0.3 is 0 Å². The first kappa shape index (κ1) is 24.7. The van der Waals surface area contributed by atoms with Crippen LogP contribution in [0.1, 0.15) is 49.1 Å². The van der Waals surface area contributed by atoms with Crippen molar-refractivity contribution in [2.75, 3.05) is 26.3 Å². The maximum Gasteiger partial charge on any atom is 0.226 e. The predicted molar refractivity (Wildman–Crippen MR) is 140 cm³/mol. The Kier molecular flexibility index (Phi) is 7.48. The number of carbonyl (C=O) groups excluding carboxylic acids is 1. The number of nitrogens with zero attached hydrogens (tertiary/aromatic N) is 4. The van der Waals surface area contributed by atoms with Crippen LogP contribution in [0.15, 0.2) is 48.5 Å². The van der Waals surface area contributed by atoms with Crippen LogP contribution in [-0.2, 0) is 29.0 Å². The minimum absolute atomic E-state index is 0.0629. The Balaban J connectivity index is 1.24. The second kappa shape index (κ2) is 10.9. The molecule has 0 aliphatic carbocycles. The maximum absolute atomic E-state index is 12.8. The highest BCUT2D eigenvalue weighted by molar-refractivity contribution is 5.79. The van der Waals surface area contributed by atoms with Crippen LogP contribution in [0, 0.1) is 18.8 Å². The lowest BCUT2D eigenvalue weighted by Crippen LogP contribution is -2.38. The Morgan fingerprint density at radius 1 is 1.08 bits per heavy atom. The summed E-state index contributed by atoms with van der Waals surface area (Å²) in [6.45, 7) is 11.2. The minimum atomic E-state index is -0.153. The molecule has 7 nitrogen and oxygen atoms in total. The molecule has 1 amide bonds. The van der Waals surface area contributed by atoms with Gasteiger partial charge in [0.05, 0.1) is 18.6 Å². The normalized spacial score (nSPS) is 19.2. The standard InChI is InChI=1S/C29H37N5O2/c1-20(2)27(30-29(35)24-13-17-36-19-24)28-32-31-26-12-14-33(15-16-34(26)28)18-22-8-10-23(11-9-22)25-7-5-4-6-21(25)3/h4-11,20,24,27H,12-19H2,1-3H3,(H,30,35)/t24-,27+/m1/s1. The van der Waals surface area contributed by atoms with Crippen LogP contribution >= 0.6 is 0 Å². The molecule has 1 aromatic heterocycles. The third kappa shape index (κ3) is 5.37. The first-order chi connectivity index (χ1) is 17.5. The number of carbonyl (C=O) groups is 1. The SMILES string of the molecule is Cc1ccccc1-c1ccc(CN2CCc3nnc([C@@H](NC(=O)[C@@H]4CCOC4)C(C)C)n3CC2)cc1. The van der Waals surface area contributed by atoms with Crippen LogP contribution in [0.4, 0.5) is 0 Å². The zero-order valence-corrected chi connectivity index (χ0v) is 21.6. The molecular weight excluding hydrogens is 450 g/mol. The van der Waals surface area contributed by atoms with E-state index in [0.29, 0.717) is 13.2 Å². The van der Waals surface area contributed by atoms with Crippen molar-refractivity contribution in [3.05, 3.63) is 71.3 Å². The van der Waals surface area contributed by atoms with E-state index in [4.69, 9.17) is 4.74 Å². The average Bonchev–Trinajstić information content (AvgIpc) is 3.51. The first-order valence-electron chi connectivity index (χ1n) is 13.2. The lowest BCUT2D eigenvalue weighted by Gasteiger charge is -2.24. The third-order valence-corrected chi connectivity index (χ3v) is 7.51. The summed E-state index contributed by atoms with van der Waals surface area (Å²) in [6.07, 6.45) is 1.64. The molecular formula is C29H37N5O2. The minimum Gasteiger partial charge on any atom is -0.381 e. The Bertz CT molecular complexity index is 1180. The molecule has 3 aromatic rings. The summed E-state index contributed by atoms with van der Waals surface area (Å²) in [5, 5.41) is 12.3. The number of amides is 1. The molecule has 1 N–H and O–H groups in total. The van der Waals surface area contributed by atoms with Crippen molar-refractivity contribution in [2.24, 2.45) is 11.8 Å². The number of nitrogens with one attached hydrogen (secondary N) is 1. The quantitative estimate of drug-likeness (QED) is 0.542. The number of hydrogen-bond acceptors (Lipinski definition) is 5. The molecule has 2 aromatic carbocycles. The van der Waals surface area contributed by atoms with Crippen molar-refractivity contribution < 1.29 is 9.53 Å². The topological polar surface area (TPSA) is 72.3 Å². The molecule has 0 spiro atoms. The molecule has 1 saturated heterocycles. The molecule has 3 heterocycles. The number of benzene rings is 2. The van der Waals surface area contributed by atoms with Gasteiger partial charge in [0.2, 0.25) is 5.91 Å². The van der Waals surface area contributed by atoms with Gasteiger partial charge in [-0.15, -0.1) is 10.2 Å². The van der Waals surface area contributed by atoms with Gasteiger partial charge in [-0.1, -0.05) is 62.4 Å². The van der Waals surface area contributed by atoms with E-state index < -0.39 is 0 Å². The largest absolute Gasteiger partial charge is 0.381 e. The van der Waals surface area contributed by atoms with E-state index in [1.54, 1.807) is 0 Å². The van der Waals surface area contributed by atoms with Crippen LogP contribution < -0.4 is 5.32 Å². The summed E-state index contributed by atoms with van der Waals surface area (Å²) in [7, 11) is 0. The number of aryl methyl sites for hydroxylation is 1. The lowest BCUT2D eigenvalue weighted by molar-refractivity contribution is -0.126. The van der Waals surface area contributed by atoms with Gasteiger partial charge in [0.1, 0.15) is 5.82 Å². The molecule has 2 aliphatic heterocycles. The fourth-order valence-corrected chi connectivity index (χ4v) is 5.26. The number of rotatable bonds is 7. The van der Waals surface area contributed by atoms with Crippen molar-refractivity contribution in [1.29, 1.82) is 0 Å². The van der Waals surface area contributed by atoms with Gasteiger partial charge in [-0.25, -0.2) is 0 Å². The summed E-state index contributed by atoms with van der Waals surface area (Å²) in [5.74, 6) is 2.09. The van der Waals surface area contributed by atoms with E-state index in [9.17, 15) is 4.79 Å². The van der Waals surface area contributed by atoms with Gasteiger partial charge in [0.15, 0.2) is 5.82 Å². The monoisotopic (exact) mass is 487 g/mol. The van der Waals surface area contributed by atoms with E-state index in [2.05, 4.69) is 94.3 Å². The number of aromatic nitrogens is 3. The third-order valence-electron chi connectivity index (χ3n) is 7.51. The molecule has 0 unspecified atom stereocenters. The fourth-order valence-electron chi connectivity index (χ4n) is 5.26. The molecule has 5 rings (SSSR count).